The van der Waals surface area contributed by atoms with E-state index in [0.29, 0.717) is 12.1 Å². The molecule has 2 aromatic carbocycles. The Morgan fingerprint density at radius 1 is 1.03 bits per heavy atom. The molecule has 4 heteroatoms. The van der Waals surface area contributed by atoms with Crippen molar-refractivity contribution < 1.29 is 4.79 Å². The van der Waals surface area contributed by atoms with Gasteiger partial charge in [-0.1, -0.05) is 48.5 Å². The Morgan fingerprint density at radius 2 is 1.80 bits per heavy atom. The van der Waals surface area contributed by atoms with Gasteiger partial charge in [0.15, 0.2) is 0 Å². The molecule has 4 rings (SSSR count). The fraction of sp³-hybridized carbons (Fsp3) is 0.231. The smallest absolute Gasteiger partial charge is 0.256 e. The lowest BCUT2D eigenvalue weighted by Crippen LogP contribution is -2.39. The Labute approximate surface area is 177 Å². The number of amides is 1. The fourth-order valence-corrected chi connectivity index (χ4v) is 3.93. The molecule has 4 aromatic rings. The molecule has 2 heterocycles. The summed E-state index contributed by atoms with van der Waals surface area (Å²) >= 11 is 0. The normalized spacial score (nSPS) is 12.1. The number of fused-ring (bicyclic) bond motifs is 1. The number of aryl methyl sites for hydroxylation is 2. The lowest BCUT2D eigenvalue weighted by molar-refractivity contribution is 0.0663. The van der Waals surface area contributed by atoms with Gasteiger partial charge in [0, 0.05) is 36.7 Å². The first-order valence-corrected chi connectivity index (χ1v) is 10.4. The third kappa shape index (κ3) is 4.28. The minimum Gasteiger partial charge on any atom is -0.346 e. The van der Waals surface area contributed by atoms with Gasteiger partial charge in [0.25, 0.3) is 5.91 Å². The molecule has 152 valence electrons. The maximum absolute atomic E-state index is 13.4. The van der Waals surface area contributed by atoms with Crippen LogP contribution in [0.4, 0.5) is 0 Å². The monoisotopic (exact) mass is 397 g/mol. The molecule has 0 bridgehead atoms. The number of hydrogen-bond acceptors (Lipinski definition) is 2. The summed E-state index contributed by atoms with van der Waals surface area (Å²) in [7, 11) is 2.07. The van der Waals surface area contributed by atoms with Gasteiger partial charge in [0.1, 0.15) is 0 Å². The van der Waals surface area contributed by atoms with Crippen LogP contribution in [0, 0.1) is 0 Å². The van der Waals surface area contributed by atoms with Crippen molar-refractivity contribution in [3.63, 3.8) is 0 Å². The minimum absolute atomic E-state index is 0.0221. The van der Waals surface area contributed by atoms with Gasteiger partial charge in [-0.2, -0.15) is 0 Å². The van der Waals surface area contributed by atoms with E-state index in [0.717, 1.165) is 18.5 Å². The third-order valence-electron chi connectivity index (χ3n) is 5.78. The first kappa shape index (κ1) is 19.9. The summed E-state index contributed by atoms with van der Waals surface area (Å²) in [6.45, 7) is 2.70. The summed E-state index contributed by atoms with van der Waals surface area (Å²) in [4.78, 5) is 19.5. The second-order valence-electron chi connectivity index (χ2n) is 7.80. The molecule has 0 N–H and O–H groups in total. The van der Waals surface area contributed by atoms with E-state index in [1.54, 1.807) is 12.4 Å². The first-order chi connectivity index (χ1) is 14.6. The van der Waals surface area contributed by atoms with Gasteiger partial charge < -0.3 is 9.47 Å². The van der Waals surface area contributed by atoms with Crippen LogP contribution in [-0.2, 0) is 20.0 Å². The molecule has 1 atom stereocenters. The highest BCUT2D eigenvalue weighted by molar-refractivity contribution is 5.94. The van der Waals surface area contributed by atoms with E-state index in [9.17, 15) is 4.79 Å². The number of benzene rings is 2. The molecule has 1 amide bonds. The number of aromatic nitrogens is 2. The van der Waals surface area contributed by atoms with Crippen LogP contribution in [0.5, 0.6) is 0 Å². The van der Waals surface area contributed by atoms with E-state index in [1.807, 2.05) is 35.2 Å². The SMILES string of the molecule is C[C@H](CCc1ccccc1)N(Cc1cc2ccccc2n1C)C(=O)c1cccnc1. The zero-order chi connectivity index (χ0) is 20.9. The Hall–Kier alpha value is -3.40. The number of para-hydroxylation sites is 1. The first-order valence-electron chi connectivity index (χ1n) is 10.4. The molecule has 2 aromatic heterocycles. The lowest BCUT2D eigenvalue weighted by atomic mass is 10.0. The summed E-state index contributed by atoms with van der Waals surface area (Å²) < 4.78 is 2.18. The second kappa shape index (κ2) is 8.95. The predicted octanol–water partition coefficient (Wildman–Crippen LogP) is 5.24. The molecule has 0 radical (unpaired) electrons. The number of hydrogen-bond donors (Lipinski definition) is 0. The summed E-state index contributed by atoms with van der Waals surface area (Å²) in [5.74, 6) is 0.0221. The molecule has 0 saturated carbocycles. The maximum Gasteiger partial charge on any atom is 0.256 e. The molecule has 30 heavy (non-hydrogen) atoms. The zero-order valence-electron chi connectivity index (χ0n) is 17.5. The van der Waals surface area contributed by atoms with Crippen molar-refractivity contribution in [1.82, 2.24) is 14.5 Å². The van der Waals surface area contributed by atoms with E-state index < -0.39 is 0 Å². The topological polar surface area (TPSA) is 38.1 Å². The Bertz CT molecular complexity index is 1120. The van der Waals surface area contributed by atoms with Gasteiger partial charge in [-0.25, -0.2) is 0 Å². The highest BCUT2D eigenvalue weighted by Crippen LogP contribution is 2.22. The van der Waals surface area contributed by atoms with Crippen LogP contribution in [0.15, 0.2) is 85.2 Å². The van der Waals surface area contributed by atoms with Crippen LogP contribution in [0.2, 0.25) is 0 Å². The van der Waals surface area contributed by atoms with Crippen molar-refractivity contribution in [1.29, 1.82) is 0 Å². The molecule has 4 nitrogen and oxygen atoms in total. The van der Waals surface area contributed by atoms with E-state index >= 15 is 0 Å². The van der Waals surface area contributed by atoms with Gasteiger partial charge >= 0.3 is 0 Å². The summed E-state index contributed by atoms with van der Waals surface area (Å²) in [5.41, 5.74) is 4.23. The van der Waals surface area contributed by atoms with Crippen LogP contribution < -0.4 is 0 Å². The molecular weight excluding hydrogens is 370 g/mol. The van der Waals surface area contributed by atoms with E-state index in [2.05, 4.69) is 66.0 Å². The minimum atomic E-state index is 0.0221. The summed E-state index contributed by atoms with van der Waals surface area (Å²) in [5, 5.41) is 1.20. The summed E-state index contributed by atoms with van der Waals surface area (Å²) in [6, 6.07) is 24.7. The van der Waals surface area contributed by atoms with Crippen LogP contribution in [0.25, 0.3) is 10.9 Å². The summed E-state index contributed by atoms with van der Waals surface area (Å²) in [6.07, 6.45) is 5.19. The molecular formula is C26H27N3O. The van der Waals surface area contributed by atoms with Crippen molar-refractivity contribution in [2.75, 3.05) is 0 Å². The van der Waals surface area contributed by atoms with E-state index in [-0.39, 0.29) is 11.9 Å². The average molecular weight is 398 g/mol. The molecule has 0 aliphatic rings. The van der Waals surface area contributed by atoms with E-state index in [1.165, 1.54) is 16.5 Å². The second-order valence-corrected chi connectivity index (χ2v) is 7.80. The van der Waals surface area contributed by atoms with Crippen LogP contribution >= 0.6 is 0 Å². The predicted molar refractivity (Wildman–Crippen MR) is 121 cm³/mol. The van der Waals surface area contributed by atoms with Crippen LogP contribution in [0.1, 0.15) is 35.0 Å². The zero-order valence-corrected chi connectivity index (χ0v) is 17.5. The number of carbonyl (C=O) groups excluding carboxylic acids is 1. The largest absolute Gasteiger partial charge is 0.346 e. The van der Waals surface area contributed by atoms with Crippen molar-refractivity contribution in [3.8, 4) is 0 Å². The van der Waals surface area contributed by atoms with Gasteiger partial charge in [-0.05, 0) is 55.0 Å². The van der Waals surface area contributed by atoms with Gasteiger partial charge in [0.05, 0.1) is 12.1 Å². The Kier molecular flexibility index (Phi) is 5.94. The highest BCUT2D eigenvalue weighted by atomic mass is 16.2. The number of nitrogens with zero attached hydrogens (tertiary/aromatic N) is 3. The third-order valence-corrected chi connectivity index (χ3v) is 5.78. The van der Waals surface area contributed by atoms with Crippen molar-refractivity contribution in [3.05, 3.63) is 102 Å². The fourth-order valence-electron chi connectivity index (χ4n) is 3.93. The average Bonchev–Trinajstić information content (AvgIpc) is 3.12. The number of rotatable bonds is 7. The molecule has 0 unspecified atom stereocenters. The molecule has 0 aliphatic heterocycles. The van der Waals surface area contributed by atoms with Crippen LogP contribution in [-0.4, -0.2) is 26.4 Å². The Morgan fingerprint density at radius 3 is 2.53 bits per heavy atom. The van der Waals surface area contributed by atoms with Crippen molar-refractivity contribution in [2.24, 2.45) is 7.05 Å². The van der Waals surface area contributed by atoms with Gasteiger partial charge in [-0.15, -0.1) is 0 Å². The highest BCUT2D eigenvalue weighted by Gasteiger charge is 2.23. The molecule has 0 aliphatic carbocycles. The van der Waals surface area contributed by atoms with Gasteiger partial charge in [-0.3, -0.25) is 9.78 Å². The molecule has 0 spiro atoms. The lowest BCUT2D eigenvalue weighted by Gasteiger charge is -2.30. The standard InChI is InChI=1S/C26H27N3O/c1-20(14-15-21-9-4-3-5-10-21)29(26(30)23-12-8-16-27-18-23)19-24-17-22-11-6-7-13-25(22)28(24)2/h3-13,16-18,20H,14-15,19H2,1-2H3/t20-/m1/s1. The molecule has 0 saturated heterocycles. The molecule has 0 fully saturated rings. The maximum atomic E-state index is 13.4. The Balaban J connectivity index is 1.60. The van der Waals surface area contributed by atoms with Crippen molar-refractivity contribution >= 4 is 16.8 Å². The number of pyridine rings is 1. The van der Waals surface area contributed by atoms with Gasteiger partial charge in [0.2, 0.25) is 0 Å². The van der Waals surface area contributed by atoms with Crippen molar-refractivity contribution in [2.45, 2.75) is 32.4 Å². The quantitative estimate of drug-likeness (QED) is 0.428. The van der Waals surface area contributed by atoms with E-state index in [4.69, 9.17) is 0 Å². The van der Waals surface area contributed by atoms with Crippen LogP contribution in [0.3, 0.4) is 0 Å². The number of carbonyl (C=O) groups is 1.